The first-order chi connectivity index (χ1) is 14.1. The molecule has 0 N–H and O–H groups in total. The molecule has 29 heavy (non-hydrogen) atoms. The molecule has 3 aromatic rings. The molecular weight excluding hydrogens is 366 g/mol. The van der Waals surface area contributed by atoms with Crippen LogP contribution in [0, 0.1) is 18.3 Å². The molecule has 1 aliphatic heterocycles. The van der Waals surface area contributed by atoms with Crippen LogP contribution in [0.3, 0.4) is 0 Å². The molecular formula is C23H19N3O3. The van der Waals surface area contributed by atoms with Gasteiger partial charge in [-0.25, -0.2) is 5.01 Å². The third-order valence-electron chi connectivity index (χ3n) is 4.77. The molecule has 0 saturated heterocycles. The van der Waals surface area contributed by atoms with Crippen molar-refractivity contribution >= 4 is 11.6 Å². The Hall–Kier alpha value is -3.85. The smallest absolute Gasteiger partial charge is 0.281 e. The van der Waals surface area contributed by atoms with Gasteiger partial charge in [0.1, 0.15) is 17.6 Å². The molecule has 144 valence electrons. The highest BCUT2D eigenvalue weighted by Gasteiger charge is 2.35. The molecule has 1 aromatic heterocycles. The van der Waals surface area contributed by atoms with Crippen LogP contribution in [-0.2, 0) is 4.79 Å². The Bertz CT molecular complexity index is 1060. The maximum atomic E-state index is 12.9. The number of carbonyl (C=O) groups is 1. The van der Waals surface area contributed by atoms with Gasteiger partial charge in [-0.05, 0) is 48.9 Å². The summed E-state index contributed by atoms with van der Waals surface area (Å²) in [5, 5.41) is 14.9. The second-order valence-corrected chi connectivity index (χ2v) is 6.81. The zero-order valence-electron chi connectivity index (χ0n) is 15.9. The first-order valence-electron chi connectivity index (χ1n) is 9.27. The summed E-state index contributed by atoms with van der Waals surface area (Å²) in [6.45, 7) is 1.87. The molecule has 1 atom stereocenters. The minimum absolute atomic E-state index is 0.159. The van der Waals surface area contributed by atoms with E-state index >= 15 is 0 Å². The molecule has 2 aromatic carbocycles. The Morgan fingerprint density at radius 2 is 1.97 bits per heavy atom. The number of carbonyl (C=O) groups excluding carboxylic acids is 1. The topological polar surface area (TPSA) is 78.8 Å². The number of furan rings is 1. The normalized spacial score (nSPS) is 15.7. The molecule has 6 heteroatoms. The van der Waals surface area contributed by atoms with Crippen molar-refractivity contribution in [2.24, 2.45) is 5.10 Å². The van der Waals surface area contributed by atoms with E-state index in [1.807, 2.05) is 37.3 Å². The number of nitriles is 1. The van der Waals surface area contributed by atoms with Crippen LogP contribution in [0.1, 0.15) is 34.9 Å². The van der Waals surface area contributed by atoms with E-state index in [-0.39, 0.29) is 18.6 Å². The average Bonchev–Trinajstić information content (AvgIpc) is 3.43. The van der Waals surface area contributed by atoms with Gasteiger partial charge >= 0.3 is 0 Å². The molecule has 0 unspecified atom stereocenters. The Balaban J connectivity index is 1.53. The molecule has 0 saturated carbocycles. The predicted octanol–water partition coefficient (Wildman–Crippen LogP) is 4.22. The first-order valence-corrected chi connectivity index (χ1v) is 9.27. The number of rotatable bonds is 5. The second-order valence-electron chi connectivity index (χ2n) is 6.81. The highest BCUT2D eigenvalue weighted by molar-refractivity contribution is 6.03. The quantitative estimate of drug-likeness (QED) is 0.659. The van der Waals surface area contributed by atoms with E-state index in [1.165, 1.54) is 10.6 Å². The van der Waals surface area contributed by atoms with E-state index < -0.39 is 0 Å². The van der Waals surface area contributed by atoms with Crippen LogP contribution in [0.4, 0.5) is 0 Å². The molecule has 0 radical (unpaired) electrons. The molecule has 2 heterocycles. The zero-order chi connectivity index (χ0) is 20.2. The van der Waals surface area contributed by atoms with Crippen LogP contribution in [0.5, 0.6) is 5.75 Å². The summed E-state index contributed by atoms with van der Waals surface area (Å²) in [5.41, 5.74) is 3.51. The van der Waals surface area contributed by atoms with Crippen molar-refractivity contribution in [1.82, 2.24) is 5.01 Å². The van der Waals surface area contributed by atoms with Gasteiger partial charge < -0.3 is 9.15 Å². The molecule has 0 aliphatic carbocycles. The lowest BCUT2D eigenvalue weighted by Crippen LogP contribution is -2.31. The number of ether oxygens (including phenoxy) is 1. The van der Waals surface area contributed by atoms with E-state index in [1.54, 1.807) is 36.6 Å². The van der Waals surface area contributed by atoms with Gasteiger partial charge in [-0.2, -0.15) is 10.4 Å². The van der Waals surface area contributed by atoms with Crippen molar-refractivity contribution < 1.29 is 13.9 Å². The van der Waals surface area contributed by atoms with Crippen molar-refractivity contribution in [3.05, 3.63) is 89.4 Å². The Morgan fingerprint density at radius 3 is 2.62 bits per heavy atom. The largest absolute Gasteiger partial charge is 0.484 e. The maximum absolute atomic E-state index is 12.9. The van der Waals surface area contributed by atoms with Gasteiger partial charge in [0.15, 0.2) is 6.61 Å². The van der Waals surface area contributed by atoms with E-state index in [0.717, 1.165) is 11.3 Å². The number of hydrazone groups is 1. The summed E-state index contributed by atoms with van der Waals surface area (Å²) in [4.78, 5) is 12.9. The van der Waals surface area contributed by atoms with Crippen LogP contribution in [0.25, 0.3) is 0 Å². The SMILES string of the molecule is Cc1ccc(C2=NN(C(=O)COc3ccc(C#N)cc3)[C@@H](c3ccco3)C2)cc1. The fourth-order valence-corrected chi connectivity index (χ4v) is 3.20. The van der Waals surface area contributed by atoms with E-state index in [0.29, 0.717) is 23.5 Å². The van der Waals surface area contributed by atoms with Gasteiger partial charge in [0.2, 0.25) is 0 Å². The minimum Gasteiger partial charge on any atom is -0.484 e. The molecule has 6 nitrogen and oxygen atoms in total. The number of amides is 1. The number of benzene rings is 2. The molecule has 0 bridgehead atoms. The average molecular weight is 385 g/mol. The van der Waals surface area contributed by atoms with Gasteiger partial charge in [-0.1, -0.05) is 29.8 Å². The third-order valence-corrected chi connectivity index (χ3v) is 4.77. The number of hydrogen-bond acceptors (Lipinski definition) is 5. The van der Waals surface area contributed by atoms with Crippen molar-refractivity contribution in [3.8, 4) is 11.8 Å². The highest BCUT2D eigenvalue weighted by atomic mass is 16.5. The van der Waals surface area contributed by atoms with E-state index in [2.05, 4.69) is 11.2 Å². The lowest BCUT2D eigenvalue weighted by molar-refractivity contribution is -0.135. The molecule has 1 aliphatic rings. The monoisotopic (exact) mass is 385 g/mol. The lowest BCUT2D eigenvalue weighted by atomic mass is 10.0. The first kappa shape index (κ1) is 18.5. The molecule has 1 amide bonds. The number of nitrogens with zero attached hydrogens (tertiary/aromatic N) is 3. The highest BCUT2D eigenvalue weighted by Crippen LogP contribution is 2.33. The lowest BCUT2D eigenvalue weighted by Gasteiger charge is -2.20. The summed E-state index contributed by atoms with van der Waals surface area (Å²) in [6.07, 6.45) is 2.16. The summed E-state index contributed by atoms with van der Waals surface area (Å²) in [6, 6.07) is 20.1. The Labute approximate surface area is 168 Å². The van der Waals surface area contributed by atoms with Crippen LogP contribution in [0.15, 0.2) is 76.4 Å². The minimum atomic E-state index is -0.307. The molecule has 4 rings (SSSR count). The van der Waals surface area contributed by atoms with Crippen molar-refractivity contribution in [2.45, 2.75) is 19.4 Å². The van der Waals surface area contributed by atoms with E-state index in [9.17, 15) is 4.79 Å². The number of aryl methyl sites for hydroxylation is 1. The predicted molar refractivity (Wildman–Crippen MR) is 107 cm³/mol. The standard InChI is InChI=1S/C23H19N3O3/c1-16-4-8-18(9-5-16)20-13-21(22-3-2-12-28-22)26(25-20)23(27)15-29-19-10-6-17(14-24)7-11-19/h2-12,21H,13,15H2,1H3/t21-/m1/s1. The van der Waals surface area contributed by atoms with Crippen molar-refractivity contribution in [2.75, 3.05) is 6.61 Å². The fraction of sp³-hybridized carbons (Fsp3) is 0.174. The summed E-state index contributed by atoms with van der Waals surface area (Å²) in [5.74, 6) is 0.939. The summed E-state index contributed by atoms with van der Waals surface area (Å²) in [7, 11) is 0. The van der Waals surface area contributed by atoms with Crippen LogP contribution >= 0.6 is 0 Å². The van der Waals surface area contributed by atoms with Gasteiger partial charge in [-0.3, -0.25) is 4.79 Å². The third kappa shape index (κ3) is 4.04. The summed E-state index contributed by atoms with van der Waals surface area (Å²) >= 11 is 0. The van der Waals surface area contributed by atoms with Crippen LogP contribution in [-0.4, -0.2) is 23.2 Å². The fourth-order valence-electron chi connectivity index (χ4n) is 3.20. The van der Waals surface area contributed by atoms with Crippen molar-refractivity contribution in [1.29, 1.82) is 5.26 Å². The Kier molecular flexibility index (Phi) is 5.12. The number of hydrogen-bond donors (Lipinski definition) is 0. The van der Waals surface area contributed by atoms with Gasteiger partial charge in [0.25, 0.3) is 5.91 Å². The van der Waals surface area contributed by atoms with Gasteiger partial charge in [-0.15, -0.1) is 0 Å². The van der Waals surface area contributed by atoms with Crippen LogP contribution < -0.4 is 4.74 Å². The second kappa shape index (κ2) is 8.03. The molecule has 0 spiro atoms. The van der Waals surface area contributed by atoms with Gasteiger partial charge in [0, 0.05) is 6.42 Å². The summed E-state index contributed by atoms with van der Waals surface area (Å²) < 4.78 is 11.2. The zero-order valence-corrected chi connectivity index (χ0v) is 15.9. The van der Waals surface area contributed by atoms with E-state index in [4.69, 9.17) is 14.4 Å². The van der Waals surface area contributed by atoms with Crippen molar-refractivity contribution in [3.63, 3.8) is 0 Å². The maximum Gasteiger partial charge on any atom is 0.281 e. The van der Waals surface area contributed by atoms with Crippen LogP contribution in [0.2, 0.25) is 0 Å². The Morgan fingerprint density at radius 1 is 1.21 bits per heavy atom. The molecule has 0 fully saturated rings. The van der Waals surface area contributed by atoms with Gasteiger partial charge in [0.05, 0.1) is 23.6 Å².